The van der Waals surface area contributed by atoms with E-state index in [4.69, 9.17) is 0 Å². The highest BCUT2D eigenvalue weighted by Crippen LogP contribution is 2.32. The van der Waals surface area contributed by atoms with Gasteiger partial charge in [0.15, 0.2) is 4.96 Å². The van der Waals surface area contributed by atoms with Gasteiger partial charge in [-0.3, -0.25) is 4.79 Å². The summed E-state index contributed by atoms with van der Waals surface area (Å²) < 4.78 is 41.2. The van der Waals surface area contributed by atoms with Crippen molar-refractivity contribution in [1.29, 1.82) is 0 Å². The van der Waals surface area contributed by atoms with Crippen LogP contribution >= 0.6 is 11.3 Å². The Kier molecular flexibility index (Phi) is 3.66. The van der Waals surface area contributed by atoms with Gasteiger partial charge in [-0.2, -0.15) is 13.2 Å². The van der Waals surface area contributed by atoms with Gasteiger partial charge in [-0.15, -0.1) is 0 Å². The summed E-state index contributed by atoms with van der Waals surface area (Å²) in [5.41, 5.74) is 2.23. The summed E-state index contributed by atoms with van der Waals surface area (Å²) in [7, 11) is 0. The van der Waals surface area contributed by atoms with Gasteiger partial charge in [-0.1, -0.05) is 35.6 Å². The number of rotatable bonds is 1. The van der Waals surface area contributed by atoms with Crippen molar-refractivity contribution in [3.05, 3.63) is 73.5 Å². The van der Waals surface area contributed by atoms with Gasteiger partial charge in [-0.25, -0.2) is 9.38 Å². The number of alkyl halides is 3. The monoisotopic (exact) mass is 374 g/mol. The predicted octanol–water partition coefficient (Wildman–Crippen LogP) is 4.09. The van der Waals surface area contributed by atoms with Crippen molar-refractivity contribution in [1.82, 2.24) is 9.38 Å². The number of thiazole rings is 1. The second-order valence-corrected chi connectivity index (χ2v) is 7.19. The van der Waals surface area contributed by atoms with Crippen LogP contribution in [0.5, 0.6) is 0 Å². The van der Waals surface area contributed by atoms with E-state index >= 15 is 0 Å². The van der Waals surface area contributed by atoms with E-state index in [0.717, 1.165) is 34.0 Å². The largest absolute Gasteiger partial charge is 0.416 e. The fourth-order valence-electron chi connectivity index (χ4n) is 3.13. The topological polar surface area (TPSA) is 34.4 Å². The summed E-state index contributed by atoms with van der Waals surface area (Å²) in [6, 6.07) is 9.07. The van der Waals surface area contributed by atoms with E-state index in [1.165, 1.54) is 28.7 Å². The molecule has 0 saturated heterocycles. The number of halogens is 3. The Morgan fingerprint density at radius 1 is 1.15 bits per heavy atom. The summed E-state index contributed by atoms with van der Waals surface area (Å²) >= 11 is 1.09. The highest BCUT2D eigenvalue weighted by Gasteiger charge is 2.32. The van der Waals surface area contributed by atoms with E-state index in [2.05, 4.69) is 4.98 Å². The molecule has 0 N–H and O–H groups in total. The Bertz CT molecular complexity index is 1270. The van der Waals surface area contributed by atoms with Crippen molar-refractivity contribution in [3.8, 4) is 0 Å². The first-order chi connectivity index (χ1) is 12.3. The maximum Gasteiger partial charge on any atom is 0.416 e. The van der Waals surface area contributed by atoms with E-state index in [0.29, 0.717) is 10.5 Å². The molecular weight excluding hydrogens is 361 g/mol. The second kappa shape index (κ2) is 5.67. The smallest absolute Gasteiger partial charge is 0.267 e. The van der Waals surface area contributed by atoms with E-state index < -0.39 is 11.7 Å². The third-order valence-corrected chi connectivity index (χ3v) is 5.20. The summed E-state index contributed by atoms with van der Waals surface area (Å²) in [5, 5.41) is 0. The SMILES string of the molecule is Cc1cc(C)c2nc3s/c(=C/c4ccccc4C(F)(F)F)c(=O)n3c2c1. The van der Waals surface area contributed by atoms with Crippen LogP contribution in [-0.4, -0.2) is 9.38 Å². The molecule has 0 unspecified atom stereocenters. The maximum atomic E-state index is 13.2. The molecule has 0 atom stereocenters. The molecule has 4 aromatic rings. The molecule has 0 aliphatic heterocycles. The number of hydrogen-bond donors (Lipinski definition) is 0. The molecule has 0 spiro atoms. The van der Waals surface area contributed by atoms with Crippen LogP contribution in [-0.2, 0) is 6.18 Å². The number of fused-ring (bicyclic) bond motifs is 3. The minimum atomic E-state index is -4.48. The quantitative estimate of drug-likeness (QED) is 0.503. The van der Waals surface area contributed by atoms with Crippen LogP contribution in [0.3, 0.4) is 0 Å². The van der Waals surface area contributed by atoms with Gasteiger partial charge in [-0.05, 0) is 48.7 Å². The summed E-state index contributed by atoms with van der Waals surface area (Å²) in [6.07, 6.45) is -3.19. The molecule has 0 aliphatic rings. The lowest BCUT2D eigenvalue weighted by Gasteiger charge is -2.09. The highest BCUT2D eigenvalue weighted by atomic mass is 32.1. The van der Waals surface area contributed by atoms with Crippen molar-refractivity contribution < 1.29 is 13.2 Å². The average molecular weight is 374 g/mol. The zero-order chi connectivity index (χ0) is 18.6. The number of benzene rings is 2. The number of aryl methyl sites for hydroxylation is 2. The van der Waals surface area contributed by atoms with Gasteiger partial charge in [0.2, 0.25) is 0 Å². The lowest BCUT2D eigenvalue weighted by atomic mass is 10.1. The van der Waals surface area contributed by atoms with Crippen molar-refractivity contribution in [2.75, 3.05) is 0 Å². The predicted molar refractivity (Wildman–Crippen MR) is 96.5 cm³/mol. The van der Waals surface area contributed by atoms with Gasteiger partial charge in [0.1, 0.15) is 0 Å². The Morgan fingerprint density at radius 3 is 2.62 bits per heavy atom. The maximum absolute atomic E-state index is 13.2. The van der Waals surface area contributed by atoms with E-state index in [-0.39, 0.29) is 15.7 Å². The molecule has 132 valence electrons. The van der Waals surface area contributed by atoms with Gasteiger partial charge < -0.3 is 0 Å². The van der Waals surface area contributed by atoms with Crippen LogP contribution in [0.2, 0.25) is 0 Å². The molecule has 0 aliphatic carbocycles. The van der Waals surface area contributed by atoms with Gasteiger partial charge in [0.05, 0.1) is 21.1 Å². The van der Waals surface area contributed by atoms with E-state index in [9.17, 15) is 18.0 Å². The molecule has 2 aromatic heterocycles. The summed E-state index contributed by atoms with van der Waals surface area (Å²) in [5.74, 6) is 0. The van der Waals surface area contributed by atoms with Crippen molar-refractivity contribution in [2.24, 2.45) is 0 Å². The molecule has 0 fully saturated rings. The van der Waals surface area contributed by atoms with Crippen LogP contribution < -0.4 is 10.1 Å². The number of aromatic nitrogens is 2. The third-order valence-electron chi connectivity index (χ3n) is 4.23. The van der Waals surface area contributed by atoms with E-state index in [1.807, 2.05) is 26.0 Å². The van der Waals surface area contributed by atoms with Crippen molar-refractivity contribution in [2.45, 2.75) is 20.0 Å². The number of hydrogen-bond acceptors (Lipinski definition) is 3. The average Bonchev–Trinajstić information content (AvgIpc) is 3.05. The highest BCUT2D eigenvalue weighted by molar-refractivity contribution is 7.15. The van der Waals surface area contributed by atoms with Crippen LogP contribution in [0.4, 0.5) is 13.2 Å². The van der Waals surface area contributed by atoms with Gasteiger partial charge in [0, 0.05) is 0 Å². The molecule has 0 radical (unpaired) electrons. The summed E-state index contributed by atoms with van der Waals surface area (Å²) in [4.78, 5) is 17.8. The zero-order valence-electron chi connectivity index (χ0n) is 13.9. The standard InChI is InChI=1S/C19H13F3N2OS/c1-10-7-11(2)16-14(8-10)24-17(25)15(26-18(24)23-16)9-12-5-3-4-6-13(12)19(20,21)22/h3-9H,1-2H3/b15-9+. The molecule has 3 nitrogen and oxygen atoms in total. The number of nitrogens with zero attached hydrogens (tertiary/aromatic N) is 2. The van der Waals surface area contributed by atoms with Crippen LogP contribution in [0.15, 0.2) is 41.2 Å². The molecule has 7 heteroatoms. The Hall–Kier alpha value is -2.67. The molecule has 2 heterocycles. The first-order valence-electron chi connectivity index (χ1n) is 7.86. The van der Waals surface area contributed by atoms with Gasteiger partial charge >= 0.3 is 6.18 Å². The van der Waals surface area contributed by atoms with Crippen molar-refractivity contribution in [3.63, 3.8) is 0 Å². The van der Waals surface area contributed by atoms with Crippen molar-refractivity contribution >= 4 is 33.4 Å². The van der Waals surface area contributed by atoms with E-state index in [1.54, 1.807) is 0 Å². The Morgan fingerprint density at radius 2 is 1.88 bits per heavy atom. The minimum Gasteiger partial charge on any atom is -0.267 e. The number of imidazole rings is 1. The molecule has 26 heavy (non-hydrogen) atoms. The molecular formula is C19H13F3N2OS. The molecule has 0 amide bonds. The Labute approximate surface area is 150 Å². The second-order valence-electron chi connectivity index (χ2n) is 6.18. The first kappa shape index (κ1) is 16.8. The van der Waals surface area contributed by atoms with Crippen LogP contribution in [0, 0.1) is 13.8 Å². The van der Waals surface area contributed by atoms with Crippen LogP contribution in [0.1, 0.15) is 22.3 Å². The first-order valence-corrected chi connectivity index (χ1v) is 8.67. The zero-order valence-corrected chi connectivity index (χ0v) is 14.7. The molecule has 0 saturated carbocycles. The fraction of sp³-hybridized carbons (Fsp3) is 0.158. The van der Waals surface area contributed by atoms with Gasteiger partial charge in [0.25, 0.3) is 5.56 Å². The minimum absolute atomic E-state index is 0.0294. The molecule has 2 aromatic carbocycles. The molecule has 4 rings (SSSR count). The lowest BCUT2D eigenvalue weighted by molar-refractivity contribution is -0.137. The summed E-state index contributed by atoms with van der Waals surface area (Å²) in [6.45, 7) is 3.85. The lowest BCUT2D eigenvalue weighted by Crippen LogP contribution is -2.23. The molecule has 0 bridgehead atoms. The Balaban J connectivity index is 2.02. The fourth-order valence-corrected chi connectivity index (χ4v) is 4.10. The van der Waals surface area contributed by atoms with Crippen LogP contribution in [0.25, 0.3) is 22.1 Å². The normalized spacial score (nSPS) is 13.2. The third kappa shape index (κ3) is 2.59.